The molecule has 26 heavy (non-hydrogen) atoms. The van der Waals surface area contributed by atoms with Gasteiger partial charge in [0.05, 0.1) is 12.8 Å². The van der Waals surface area contributed by atoms with Crippen molar-refractivity contribution in [1.82, 2.24) is 5.32 Å². The van der Waals surface area contributed by atoms with E-state index in [0.29, 0.717) is 23.7 Å². The van der Waals surface area contributed by atoms with Crippen LogP contribution in [0.5, 0.6) is 5.75 Å². The van der Waals surface area contributed by atoms with Crippen molar-refractivity contribution < 1.29 is 14.3 Å². The van der Waals surface area contributed by atoms with E-state index < -0.39 is 0 Å². The molecular weight excluding hydrogens is 350 g/mol. The maximum absolute atomic E-state index is 12.2. The number of carbonyl (C=O) groups excluding carboxylic acids is 2. The quantitative estimate of drug-likeness (QED) is 0.743. The molecule has 1 aliphatic carbocycles. The van der Waals surface area contributed by atoms with Crippen molar-refractivity contribution in [3.05, 3.63) is 39.6 Å². The van der Waals surface area contributed by atoms with Crippen LogP contribution < -0.4 is 20.7 Å². The van der Waals surface area contributed by atoms with Gasteiger partial charge >= 0.3 is 6.03 Å². The molecule has 6 nitrogen and oxygen atoms in total. The highest BCUT2D eigenvalue weighted by atomic mass is 32.1. The van der Waals surface area contributed by atoms with Crippen molar-refractivity contribution in [3.8, 4) is 5.75 Å². The van der Waals surface area contributed by atoms with Crippen molar-refractivity contribution in [2.45, 2.75) is 39.2 Å². The average Bonchev–Trinajstić information content (AvgIpc) is 3.03. The van der Waals surface area contributed by atoms with Crippen molar-refractivity contribution >= 4 is 34.6 Å². The first kappa shape index (κ1) is 18.3. The monoisotopic (exact) mass is 373 g/mol. The second-order valence-corrected chi connectivity index (χ2v) is 7.24. The van der Waals surface area contributed by atoms with Gasteiger partial charge in [-0.2, -0.15) is 0 Å². The molecule has 1 aromatic heterocycles. The number of urea groups is 1. The molecule has 3 N–H and O–H groups in total. The van der Waals surface area contributed by atoms with Gasteiger partial charge in [-0.15, -0.1) is 11.3 Å². The molecule has 2 aromatic rings. The fourth-order valence-corrected chi connectivity index (χ4v) is 4.28. The molecular formula is C19H23N3O3S. The number of thiophene rings is 1. The highest BCUT2D eigenvalue weighted by Crippen LogP contribution is 2.30. The minimum absolute atomic E-state index is 0.202. The number of rotatable bonds is 5. The van der Waals surface area contributed by atoms with Gasteiger partial charge in [-0.3, -0.25) is 4.79 Å². The van der Waals surface area contributed by atoms with Gasteiger partial charge in [-0.05, 0) is 60.4 Å². The summed E-state index contributed by atoms with van der Waals surface area (Å²) in [5, 5.41) is 10.5. The number of ether oxygens (including phenoxy) is 1. The van der Waals surface area contributed by atoms with E-state index in [2.05, 4.69) is 21.3 Å². The number of nitrogens with one attached hydrogen (secondary N) is 3. The Morgan fingerprint density at radius 2 is 2.00 bits per heavy atom. The van der Waals surface area contributed by atoms with Crippen LogP contribution in [-0.2, 0) is 24.2 Å². The summed E-state index contributed by atoms with van der Waals surface area (Å²) >= 11 is 1.79. The summed E-state index contributed by atoms with van der Waals surface area (Å²) in [6.07, 6.45) is 4.75. The second kappa shape index (κ2) is 8.23. The maximum atomic E-state index is 12.2. The third-order valence-corrected chi connectivity index (χ3v) is 5.49. The Bertz CT molecular complexity index is 816. The van der Waals surface area contributed by atoms with Crippen molar-refractivity contribution in [1.29, 1.82) is 0 Å². The average molecular weight is 373 g/mol. The van der Waals surface area contributed by atoms with Gasteiger partial charge in [0.25, 0.3) is 0 Å². The summed E-state index contributed by atoms with van der Waals surface area (Å²) in [6, 6.07) is 4.83. The Morgan fingerprint density at radius 1 is 1.19 bits per heavy atom. The molecule has 3 rings (SSSR count). The van der Waals surface area contributed by atoms with E-state index in [-0.39, 0.29) is 11.9 Å². The molecule has 138 valence electrons. The number of anilines is 2. The fourth-order valence-electron chi connectivity index (χ4n) is 3.13. The molecule has 1 heterocycles. The lowest BCUT2D eigenvalue weighted by Gasteiger charge is -2.14. The van der Waals surface area contributed by atoms with E-state index in [1.54, 1.807) is 29.5 Å². The van der Waals surface area contributed by atoms with Crippen LogP contribution in [0.25, 0.3) is 0 Å². The molecule has 7 heteroatoms. The van der Waals surface area contributed by atoms with E-state index in [4.69, 9.17) is 4.74 Å². The Kier molecular flexibility index (Phi) is 5.78. The summed E-state index contributed by atoms with van der Waals surface area (Å²) in [6.45, 7) is 1.94. The van der Waals surface area contributed by atoms with Crippen LogP contribution in [0.1, 0.15) is 35.8 Å². The number of aryl methyl sites for hydroxylation is 1. The third-order valence-electron chi connectivity index (χ3n) is 4.36. The summed E-state index contributed by atoms with van der Waals surface area (Å²) in [5.41, 5.74) is 3.73. The number of fused-ring (bicyclic) bond motifs is 1. The second-order valence-electron chi connectivity index (χ2n) is 6.27. The van der Waals surface area contributed by atoms with Crippen LogP contribution in [0.2, 0.25) is 0 Å². The summed E-state index contributed by atoms with van der Waals surface area (Å²) < 4.78 is 5.21. The van der Waals surface area contributed by atoms with Crippen LogP contribution >= 0.6 is 11.3 Å². The highest BCUT2D eigenvalue weighted by Gasteiger charge is 2.16. The molecule has 0 saturated carbocycles. The number of amides is 3. The van der Waals surface area contributed by atoms with Crippen LogP contribution in [0.4, 0.5) is 16.2 Å². The van der Waals surface area contributed by atoms with Gasteiger partial charge in [0.15, 0.2) is 0 Å². The molecule has 0 fully saturated rings. The standard InChI is InChI=1S/C19H23N3O3S/c1-12(23)21-16-9-14(7-8-17(16)25-2)22-19(24)20-10-13-11-26-18-6-4-3-5-15(13)18/h7-9,11H,3-6,10H2,1-2H3,(H,21,23)(H2,20,22,24). The molecule has 0 saturated heterocycles. The lowest BCUT2D eigenvalue weighted by molar-refractivity contribution is -0.114. The smallest absolute Gasteiger partial charge is 0.319 e. The minimum atomic E-state index is -0.278. The van der Waals surface area contributed by atoms with E-state index >= 15 is 0 Å². The number of benzene rings is 1. The van der Waals surface area contributed by atoms with Gasteiger partial charge < -0.3 is 20.7 Å². The number of hydrogen-bond donors (Lipinski definition) is 3. The van der Waals surface area contributed by atoms with E-state index in [0.717, 1.165) is 12.8 Å². The van der Waals surface area contributed by atoms with Crippen molar-refractivity contribution in [2.75, 3.05) is 17.7 Å². The molecule has 0 spiro atoms. The first-order valence-corrected chi connectivity index (χ1v) is 9.53. The highest BCUT2D eigenvalue weighted by molar-refractivity contribution is 7.10. The Morgan fingerprint density at radius 3 is 2.77 bits per heavy atom. The molecule has 0 radical (unpaired) electrons. The molecule has 1 aliphatic rings. The molecule has 0 atom stereocenters. The van der Waals surface area contributed by atoms with Gasteiger partial charge in [0.1, 0.15) is 5.75 Å². The number of carbonyl (C=O) groups is 2. The maximum Gasteiger partial charge on any atom is 0.319 e. The zero-order valence-electron chi connectivity index (χ0n) is 15.0. The topological polar surface area (TPSA) is 79.5 Å². The Balaban J connectivity index is 1.61. The molecule has 0 unspecified atom stereocenters. The first-order valence-electron chi connectivity index (χ1n) is 8.65. The first-order chi connectivity index (χ1) is 12.6. The van der Waals surface area contributed by atoms with E-state index in [9.17, 15) is 9.59 Å². The zero-order valence-corrected chi connectivity index (χ0v) is 15.8. The number of hydrogen-bond acceptors (Lipinski definition) is 4. The fraction of sp³-hybridized carbons (Fsp3) is 0.368. The van der Waals surface area contributed by atoms with Gasteiger partial charge in [-0.25, -0.2) is 4.79 Å². The predicted molar refractivity (Wildman–Crippen MR) is 104 cm³/mol. The van der Waals surface area contributed by atoms with Gasteiger partial charge in [0, 0.05) is 24.0 Å². The lowest BCUT2D eigenvalue weighted by Crippen LogP contribution is -2.28. The van der Waals surface area contributed by atoms with Crippen molar-refractivity contribution in [2.24, 2.45) is 0 Å². The van der Waals surface area contributed by atoms with Crippen molar-refractivity contribution in [3.63, 3.8) is 0 Å². The van der Waals surface area contributed by atoms with E-state index in [1.807, 2.05) is 0 Å². The minimum Gasteiger partial charge on any atom is -0.495 e. The van der Waals surface area contributed by atoms with Crippen LogP contribution in [0, 0.1) is 0 Å². The summed E-state index contributed by atoms with van der Waals surface area (Å²) in [5.74, 6) is 0.336. The van der Waals surface area contributed by atoms with Gasteiger partial charge in [0.2, 0.25) is 5.91 Å². The van der Waals surface area contributed by atoms with Crippen LogP contribution in [0.3, 0.4) is 0 Å². The largest absolute Gasteiger partial charge is 0.495 e. The molecule has 1 aromatic carbocycles. The summed E-state index contributed by atoms with van der Waals surface area (Å²) in [7, 11) is 1.53. The normalized spacial score (nSPS) is 12.8. The molecule has 3 amide bonds. The SMILES string of the molecule is COc1ccc(NC(=O)NCc2csc3c2CCCC3)cc1NC(C)=O. The Hall–Kier alpha value is -2.54. The third kappa shape index (κ3) is 4.35. The van der Waals surface area contributed by atoms with Crippen LogP contribution in [-0.4, -0.2) is 19.0 Å². The van der Waals surface area contributed by atoms with E-state index in [1.165, 1.54) is 42.9 Å². The summed E-state index contributed by atoms with van der Waals surface area (Å²) in [4.78, 5) is 25.0. The predicted octanol–water partition coefficient (Wildman–Crippen LogP) is 3.92. The zero-order chi connectivity index (χ0) is 18.5. The molecule has 0 bridgehead atoms. The van der Waals surface area contributed by atoms with Gasteiger partial charge in [-0.1, -0.05) is 0 Å². The molecule has 0 aliphatic heterocycles. The van der Waals surface area contributed by atoms with Crippen LogP contribution in [0.15, 0.2) is 23.6 Å². The Labute approximate surface area is 156 Å². The number of methoxy groups -OCH3 is 1. The lowest BCUT2D eigenvalue weighted by atomic mass is 9.96.